The van der Waals surface area contributed by atoms with Crippen molar-refractivity contribution in [2.75, 3.05) is 18.0 Å². The van der Waals surface area contributed by atoms with Crippen LogP contribution in [0.4, 0.5) is 5.69 Å². The highest BCUT2D eigenvalue weighted by molar-refractivity contribution is 9.10. The number of nitrogens with zero attached hydrogens (tertiary/aromatic N) is 1. The van der Waals surface area contributed by atoms with Crippen molar-refractivity contribution in [2.45, 2.75) is 45.2 Å². The molecule has 1 unspecified atom stereocenters. The largest absolute Gasteiger partial charge is 0.371 e. The van der Waals surface area contributed by atoms with E-state index in [1.807, 2.05) is 0 Å². The van der Waals surface area contributed by atoms with Gasteiger partial charge in [0.15, 0.2) is 0 Å². The third kappa shape index (κ3) is 3.32. The predicted octanol–water partition coefficient (Wildman–Crippen LogP) is 3.94. The number of hydrogen-bond donors (Lipinski definition) is 1. The lowest BCUT2D eigenvalue weighted by molar-refractivity contribution is 0.569. The summed E-state index contributed by atoms with van der Waals surface area (Å²) in [5.41, 5.74) is 2.75. The zero-order valence-corrected chi connectivity index (χ0v) is 13.2. The average molecular weight is 323 g/mol. The molecule has 2 nitrogen and oxygen atoms in total. The van der Waals surface area contributed by atoms with Crippen molar-refractivity contribution in [3.05, 3.63) is 28.2 Å². The van der Waals surface area contributed by atoms with E-state index in [9.17, 15) is 0 Å². The quantitative estimate of drug-likeness (QED) is 0.883. The Morgan fingerprint density at radius 1 is 1.32 bits per heavy atom. The Balaban J connectivity index is 1.64. The lowest BCUT2D eigenvalue weighted by Crippen LogP contribution is -2.20. The van der Waals surface area contributed by atoms with Crippen LogP contribution in [-0.2, 0) is 6.54 Å². The number of anilines is 1. The summed E-state index contributed by atoms with van der Waals surface area (Å²) in [5.74, 6) is 0.884. The molecule has 1 saturated carbocycles. The van der Waals surface area contributed by atoms with Crippen molar-refractivity contribution in [1.82, 2.24) is 5.32 Å². The molecule has 3 rings (SSSR count). The Hall–Kier alpha value is -0.540. The highest BCUT2D eigenvalue weighted by Crippen LogP contribution is 2.30. The molecular formula is C16H23BrN2. The van der Waals surface area contributed by atoms with Crippen molar-refractivity contribution in [2.24, 2.45) is 5.92 Å². The third-order valence-corrected chi connectivity index (χ3v) is 5.16. The summed E-state index contributed by atoms with van der Waals surface area (Å²) < 4.78 is 1.25. The molecule has 1 aliphatic heterocycles. The van der Waals surface area contributed by atoms with Gasteiger partial charge >= 0.3 is 0 Å². The van der Waals surface area contributed by atoms with Gasteiger partial charge in [0.25, 0.3) is 0 Å². The second-order valence-electron chi connectivity index (χ2n) is 5.94. The first-order chi connectivity index (χ1) is 9.26. The smallest absolute Gasteiger partial charge is 0.0377 e. The van der Waals surface area contributed by atoms with Crippen molar-refractivity contribution in [1.29, 1.82) is 0 Å². The van der Waals surface area contributed by atoms with Crippen LogP contribution in [0.15, 0.2) is 22.7 Å². The van der Waals surface area contributed by atoms with Gasteiger partial charge in [-0.25, -0.2) is 0 Å². The van der Waals surface area contributed by atoms with Crippen LogP contribution in [0.3, 0.4) is 0 Å². The van der Waals surface area contributed by atoms with E-state index < -0.39 is 0 Å². The Morgan fingerprint density at radius 3 is 2.79 bits per heavy atom. The summed E-state index contributed by atoms with van der Waals surface area (Å²) in [7, 11) is 0. The maximum atomic E-state index is 3.73. The Kier molecular flexibility index (Phi) is 4.13. The maximum Gasteiger partial charge on any atom is 0.0377 e. The molecule has 1 atom stereocenters. The van der Waals surface area contributed by atoms with Gasteiger partial charge in [0.2, 0.25) is 0 Å². The van der Waals surface area contributed by atoms with E-state index in [0.29, 0.717) is 0 Å². The van der Waals surface area contributed by atoms with E-state index in [4.69, 9.17) is 0 Å². The van der Waals surface area contributed by atoms with E-state index in [1.165, 1.54) is 54.5 Å². The molecule has 1 aromatic rings. The number of hydrogen-bond acceptors (Lipinski definition) is 2. The summed E-state index contributed by atoms with van der Waals surface area (Å²) in [4.78, 5) is 2.52. The van der Waals surface area contributed by atoms with Crippen LogP contribution in [0.25, 0.3) is 0 Å². The SMILES string of the molecule is CCC1CCN(c2ccc(CNC3CC3)c(Br)c2)C1. The fourth-order valence-electron chi connectivity index (χ4n) is 2.82. The van der Waals surface area contributed by atoms with Gasteiger partial charge in [-0.2, -0.15) is 0 Å². The summed E-state index contributed by atoms with van der Waals surface area (Å²) in [6.45, 7) is 5.73. The number of nitrogens with one attached hydrogen (secondary N) is 1. The van der Waals surface area contributed by atoms with Crippen molar-refractivity contribution >= 4 is 21.6 Å². The van der Waals surface area contributed by atoms with Gasteiger partial charge < -0.3 is 10.2 Å². The summed E-state index contributed by atoms with van der Waals surface area (Å²) in [5, 5.41) is 3.58. The Morgan fingerprint density at radius 2 is 2.16 bits per heavy atom. The molecule has 104 valence electrons. The third-order valence-electron chi connectivity index (χ3n) is 4.42. The monoisotopic (exact) mass is 322 g/mol. The highest BCUT2D eigenvalue weighted by atomic mass is 79.9. The minimum atomic E-state index is 0.774. The second kappa shape index (κ2) is 5.84. The molecule has 1 heterocycles. The standard InChI is InChI=1S/C16H23BrN2/c1-2-12-7-8-19(11-12)15-6-3-13(16(17)9-15)10-18-14-4-5-14/h3,6,9,12,14,18H,2,4-5,7-8,10-11H2,1H3. The molecule has 0 spiro atoms. The van der Waals surface area contributed by atoms with E-state index >= 15 is 0 Å². The molecule has 1 aliphatic carbocycles. The average Bonchev–Trinajstić information content (AvgIpc) is 3.12. The summed E-state index contributed by atoms with van der Waals surface area (Å²) >= 11 is 3.73. The minimum Gasteiger partial charge on any atom is -0.371 e. The lowest BCUT2D eigenvalue weighted by atomic mass is 10.1. The van der Waals surface area contributed by atoms with Crippen molar-refractivity contribution < 1.29 is 0 Å². The van der Waals surface area contributed by atoms with Crippen LogP contribution in [0, 0.1) is 5.92 Å². The van der Waals surface area contributed by atoms with Gasteiger partial charge in [0, 0.05) is 35.8 Å². The number of rotatable bonds is 5. The molecule has 0 aromatic heterocycles. The van der Waals surface area contributed by atoms with Gasteiger partial charge in [-0.05, 0) is 42.9 Å². The first-order valence-corrected chi connectivity index (χ1v) is 8.32. The van der Waals surface area contributed by atoms with Crippen LogP contribution < -0.4 is 10.2 Å². The molecule has 1 saturated heterocycles. The Bertz CT molecular complexity index is 442. The predicted molar refractivity (Wildman–Crippen MR) is 84.6 cm³/mol. The molecule has 3 heteroatoms. The van der Waals surface area contributed by atoms with Crippen LogP contribution in [0.5, 0.6) is 0 Å². The zero-order valence-electron chi connectivity index (χ0n) is 11.7. The number of benzene rings is 1. The molecule has 1 N–H and O–H groups in total. The lowest BCUT2D eigenvalue weighted by Gasteiger charge is -2.20. The second-order valence-corrected chi connectivity index (χ2v) is 6.79. The first kappa shape index (κ1) is 13.4. The number of halogens is 1. The van der Waals surface area contributed by atoms with Crippen LogP contribution >= 0.6 is 15.9 Å². The molecule has 2 aliphatic rings. The van der Waals surface area contributed by atoms with Gasteiger partial charge in [0.1, 0.15) is 0 Å². The van der Waals surface area contributed by atoms with E-state index in [2.05, 4.69) is 51.3 Å². The van der Waals surface area contributed by atoms with Crippen LogP contribution in [0.2, 0.25) is 0 Å². The molecular weight excluding hydrogens is 300 g/mol. The highest BCUT2D eigenvalue weighted by Gasteiger charge is 2.22. The van der Waals surface area contributed by atoms with Gasteiger partial charge in [-0.15, -0.1) is 0 Å². The molecule has 0 radical (unpaired) electrons. The molecule has 2 fully saturated rings. The van der Waals surface area contributed by atoms with E-state index in [-0.39, 0.29) is 0 Å². The summed E-state index contributed by atoms with van der Waals surface area (Å²) in [6.07, 6.45) is 5.35. The fourth-order valence-corrected chi connectivity index (χ4v) is 3.33. The maximum absolute atomic E-state index is 3.73. The molecule has 1 aromatic carbocycles. The van der Waals surface area contributed by atoms with Gasteiger partial charge in [0.05, 0.1) is 0 Å². The van der Waals surface area contributed by atoms with Crippen LogP contribution in [-0.4, -0.2) is 19.1 Å². The first-order valence-electron chi connectivity index (χ1n) is 7.53. The minimum absolute atomic E-state index is 0.774. The van der Waals surface area contributed by atoms with E-state index in [1.54, 1.807) is 0 Å². The van der Waals surface area contributed by atoms with E-state index in [0.717, 1.165) is 18.5 Å². The normalized spacial score (nSPS) is 23.1. The van der Waals surface area contributed by atoms with Crippen molar-refractivity contribution in [3.63, 3.8) is 0 Å². The van der Waals surface area contributed by atoms with Crippen LogP contribution in [0.1, 0.15) is 38.2 Å². The molecule has 0 bridgehead atoms. The topological polar surface area (TPSA) is 15.3 Å². The van der Waals surface area contributed by atoms with Gasteiger partial charge in [-0.3, -0.25) is 0 Å². The molecule has 19 heavy (non-hydrogen) atoms. The Labute approximate surface area is 124 Å². The molecule has 0 amide bonds. The zero-order chi connectivity index (χ0) is 13.2. The van der Waals surface area contributed by atoms with Crippen molar-refractivity contribution in [3.8, 4) is 0 Å². The fraction of sp³-hybridized carbons (Fsp3) is 0.625. The summed E-state index contributed by atoms with van der Waals surface area (Å²) in [6, 6.07) is 7.62. The van der Waals surface area contributed by atoms with Gasteiger partial charge in [-0.1, -0.05) is 35.3 Å².